The summed E-state index contributed by atoms with van der Waals surface area (Å²) in [5, 5.41) is 4.77. The molecule has 3 amide bonds. The molecule has 0 spiro atoms. The molecule has 4 rings (SSSR count). The van der Waals surface area contributed by atoms with Crippen molar-refractivity contribution in [1.29, 1.82) is 0 Å². The number of nitrogens with zero attached hydrogens (tertiary/aromatic N) is 3. The quantitative estimate of drug-likeness (QED) is 0.391. The van der Waals surface area contributed by atoms with Crippen molar-refractivity contribution in [3.63, 3.8) is 0 Å². The molecular weight excluding hydrogens is 490 g/mol. The van der Waals surface area contributed by atoms with Gasteiger partial charge in [0.25, 0.3) is 5.91 Å². The fourth-order valence-electron chi connectivity index (χ4n) is 7.84. The summed E-state index contributed by atoms with van der Waals surface area (Å²) in [6.07, 6.45) is 10.1. The number of amides is 3. The zero-order chi connectivity index (χ0) is 28.1. The summed E-state index contributed by atoms with van der Waals surface area (Å²) in [5.41, 5.74) is 3.17. The topological polar surface area (TPSA) is 85.0 Å². The number of carbonyl (C=O) groups excluding carboxylic acids is 3. The normalized spacial score (nSPS) is 25.9. The number of hydrazine groups is 1. The molecule has 4 aliphatic rings. The predicted octanol–water partition coefficient (Wildman–Crippen LogP) is 3.67. The van der Waals surface area contributed by atoms with E-state index >= 15 is 0 Å². The SMILES string of the molecule is CCN(CC1CCN(C(C(=O)NC(C)C(=O)N2CCCCN2)C2CCCC2)C1)C(=O)C(C)C(C(C)C)C1CC1. The second kappa shape index (κ2) is 13.8. The Labute approximate surface area is 236 Å². The number of rotatable bonds is 12. The van der Waals surface area contributed by atoms with Crippen LogP contribution in [0.1, 0.15) is 92.4 Å². The van der Waals surface area contributed by atoms with E-state index in [9.17, 15) is 14.4 Å². The van der Waals surface area contributed by atoms with Gasteiger partial charge in [-0.2, -0.15) is 0 Å². The van der Waals surface area contributed by atoms with Crippen LogP contribution in [0, 0.1) is 35.5 Å². The lowest BCUT2D eigenvalue weighted by molar-refractivity contribution is -0.141. The maximum atomic E-state index is 13.7. The van der Waals surface area contributed by atoms with Gasteiger partial charge in [-0.05, 0) is 94.9 Å². The number of likely N-dealkylation sites (tertiary alicyclic amines) is 1. The Bertz CT molecular complexity index is 832. The zero-order valence-electron chi connectivity index (χ0n) is 25.3. The Kier molecular flexibility index (Phi) is 10.7. The summed E-state index contributed by atoms with van der Waals surface area (Å²) in [6.45, 7) is 15.3. The Balaban J connectivity index is 1.36. The van der Waals surface area contributed by atoms with Crippen LogP contribution < -0.4 is 10.7 Å². The average molecular weight is 546 g/mol. The van der Waals surface area contributed by atoms with E-state index in [-0.39, 0.29) is 23.8 Å². The highest BCUT2D eigenvalue weighted by Gasteiger charge is 2.42. The molecule has 8 heteroatoms. The van der Waals surface area contributed by atoms with Crippen molar-refractivity contribution in [2.45, 2.75) is 104 Å². The van der Waals surface area contributed by atoms with E-state index < -0.39 is 6.04 Å². The van der Waals surface area contributed by atoms with Gasteiger partial charge in [-0.3, -0.25) is 24.3 Å². The van der Waals surface area contributed by atoms with E-state index in [0.717, 1.165) is 70.7 Å². The third-order valence-corrected chi connectivity index (χ3v) is 10.0. The molecule has 0 aromatic heterocycles. The van der Waals surface area contributed by atoms with Gasteiger partial charge in [0.05, 0.1) is 6.04 Å². The van der Waals surface area contributed by atoms with Gasteiger partial charge in [0.15, 0.2) is 0 Å². The van der Waals surface area contributed by atoms with Crippen LogP contribution in [-0.4, -0.2) is 83.9 Å². The first-order valence-corrected chi connectivity index (χ1v) is 16.1. The summed E-state index contributed by atoms with van der Waals surface area (Å²) in [4.78, 5) is 44.7. The summed E-state index contributed by atoms with van der Waals surface area (Å²) in [6, 6.07) is -0.729. The fourth-order valence-corrected chi connectivity index (χ4v) is 7.84. The van der Waals surface area contributed by atoms with Crippen molar-refractivity contribution in [2.24, 2.45) is 35.5 Å². The number of hydrogen-bond donors (Lipinski definition) is 2. The Morgan fingerprint density at radius 2 is 1.64 bits per heavy atom. The molecule has 2 heterocycles. The van der Waals surface area contributed by atoms with Crippen LogP contribution in [0.4, 0.5) is 0 Å². The van der Waals surface area contributed by atoms with Gasteiger partial charge < -0.3 is 10.2 Å². The minimum absolute atomic E-state index is 0.00154. The van der Waals surface area contributed by atoms with Gasteiger partial charge in [-0.25, -0.2) is 5.43 Å². The molecular formula is C31H55N5O3. The van der Waals surface area contributed by atoms with Crippen LogP contribution in [-0.2, 0) is 14.4 Å². The lowest BCUT2D eigenvalue weighted by Crippen LogP contribution is -2.58. The molecule has 39 heavy (non-hydrogen) atoms. The summed E-state index contributed by atoms with van der Waals surface area (Å²) in [7, 11) is 0. The second-order valence-corrected chi connectivity index (χ2v) is 13.3. The predicted molar refractivity (Wildman–Crippen MR) is 154 cm³/mol. The van der Waals surface area contributed by atoms with Gasteiger partial charge in [0.1, 0.15) is 6.04 Å². The highest BCUT2D eigenvalue weighted by Crippen LogP contribution is 2.45. The highest BCUT2D eigenvalue weighted by atomic mass is 16.2. The van der Waals surface area contributed by atoms with Gasteiger partial charge in [-0.15, -0.1) is 0 Å². The molecule has 5 unspecified atom stereocenters. The monoisotopic (exact) mass is 545 g/mol. The van der Waals surface area contributed by atoms with Crippen molar-refractivity contribution in [1.82, 2.24) is 25.6 Å². The first-order valence-electron chi connectivity index (χ1n) is 16.1. The van der Waals surface area contributed by atoms with Gasteiger partial charge in [0, 0.05) is 38.6 Å². The lowest BCUT2D eigenvalue weighted by Gasteiger charge is -2.35. The van der Waals surface area contributed by atoms with E-state index in [0.29, 0.717) is 36.1 Å². The second-order valence-electron chi connectivity index (χ2n) is 13.3. The molecule has 0 bridgehead atoms. The van der Waals surface area contributed by atoms with Crippen molar-refractivity contribution >= 4 is 17.7 Å². The maximum absolute atomic E-state index is 13.7. The number of nitrogens with one attached hydrogen (secondary N) is 2. The smallest absolute Gasteiger partial charge is 0.258 e. The molecule has 5 atom stereocenters. The largest absolute Gasteiger partial charge is 0.343 e. The first kappa shape index (κ1) is 30.3. The van der Waals surface area contributed by atoms with Crippen LogP contribution in [0.2, 0.25) is 0 Å². The Morgan fingerprint density at radius 1 is 0.923 bits per heavy atom. The molecule has 0 radical (unpaired) electrons. The standard InChI is InChI=1S/C31H55N5O3/c1-6-34(30(38)22(4)27(21(2)3)25-13-14-25)19-24-15-18-35(20-24)28(26-11-7-8-12-26)29(37)33-23(5)31(39)36-17-10-9-16-32-36/h21-28,32H,6-20H2,1-5H3,(H,33,37). The summed E-state index contributed by atoms with van der Waals surface area (Å²) < 4.78 is 0. The van der Waals surface area contributed by atoms with Crippen molar-refractivity contribution < 1.29 is 14.4 Å². The van der Waals surface area contributed by atoms with E-state index in [4.69, 9.17) is 0 Å². The van der Waals surface area contributed by atoms with Crippen LogP contribution >= 0.6 is 0 Å². The molecule has 2 saturated carbocycles. The molecule has 2 aliphatic heterocycles. The minimum Gasteiger partial charge on any atom is -0.343 e. The molecule has 222 valence electrons. The van der Waals surface area contributed by atoms with Crippen LogP contribution in [0.15, 0.2) is 0 Å². The molecule has 2 aliphatic carbocycles. The first-order chi connectivity index (χ1) is 18.7. The Hall–Kier alpha value is -1.67. The highest BCUT2D eigenvalue weighted by molar-refractivity contribution is 5.89. The number of hydrogen-bond acceptors (Lipinski definition) is 5. The van der Waals surface area contributed by atoms with Gasteiger partial charge in [0.2, 0.25) is 11.8 Å². The minimum atomic E-state index is -0.541. The molecule has 2 saturated heterocycles. The number of carbonyl (C=O) groups is 3. The third-order valence-electron chi connectivity index (χ3n) is 10.0. The summed E-state index contributed by atoms with van der Waals surface area (Å²) in [5.74, 6) is 2.78. The van der Waals surface area contributed by atoms with Crippen LogP contribution in [0.5, 0.6) is 0 Å². The van der Waals surface area contributed by atoms with Gasteiger partial charge >= 0.3 is 0 Å². The van der Waals surface area contributed by atoms with Crippen molar-refractivity contribution in [3.8, 4) is 0 Å². The maximum Gasteiger partial charge on any atom is 0.258 e. The molecule has 8 nitrogen and oxygen atoms in total. The van der Waals surface area contributed by atoms with E-state index in [1.54, 1.807) is 5.01 Å². The zero-order valence-corrected chi connectivity index (χ0v) is 25.3. The average Bonchev–Trinajstić information content (AvgIpc) is 3.40. The summed E-state index contributed by atoms with van der Waals surface area (Å²) >= 11 is 0. The lowest BCUT2D eigenvalue weighted by atomic mass is 9.80. The fraction of sp³-hybridized carbons (Fsp3) is 0.903. The van der Waals surface area contributed by atoms with Crippen molar-refractivity contribution in [2.75, 3.05) is 39.3 Å². The van der Waals surface area contributed by atoms with Crippen LogP contribution in [0.3, 0.4) is 0 Å². The Morgan fingerprint density at radius 3 is 2.23 bits per heavy atom. The van der Waals surface area contributed by atoms with Crippen molar-refractivity contribution in [3.05, 3.63) is 0 Å². The molecule has 0 aromatic carbocycles. The van der Waals surface area contributed by atoms with E-state index in [1.165, 1.54) is 25.7 Å². The molecule has 4 fully saturated rings. The van der Waals surface area contributed by atoms with Gasteiger partial charge in [-0.1, -0.05) is 33.6 Å². The third kappa shape index (κ3) is 7.55. The van der Waals surface area contributed by atoms with Crippen LogP contribution in [0.25, 0.3) is 0 Å². The molecule has 2 N–H and O–H groups in total. The van der Waals surface area contributed by atoms with E-state index in [2.05, 4.69) is 48.2 Å². The van der Waals surface area contributed by atoms with E-state index in [1.807, 2.05) is 6.92 Å². The molecule has 0 aromatic rings.